The van der Waals surface area contributed by atoms with Crippen molar-refractivity contribution < 1.29 is 16.8 Å². The number of para-hydroxylation sites is 1. The molecule has 0 saturated heterocycles. The molecule has 0 bridgehead atoms. The van der Waals surface area contributed by atoms with Gasteiger partial charge in [0.2, 0.25) is 20.0 Å². The maximum atomic E-state index is 12.5. The Morgan fingerprint density at radius 1 is 1.09 bits per heavy atom. The smallest absolute Gasteiger partial charge is 0.250 e. The maximum Gasteiger partial charge on any atom is 0.250 e. The molecule has 2 aromatic rings. The lowest BCUT2D eigenvalue weighted by molar-refractivity contribution is 0.581. The number of sulfonamides is 2. The van der Waals surface area contributed by atoms with Crippen molar-refractivity contribution >= 4 is 37.1 Å². The van der Waals surface area contributed by atoms with Gasteiger partial charge in [-0.2, -0.15) is 0 Å². The summed E-state index contributed by atoms with van der Waals surface area (Å²) >= 11 is 1.09. The molecule has 1 aromatic carbocycles. The standard InChI is InChI=1S/C14H16N2O4S3/c17-22(18,16-9-7-12-4-1-2-5-13(12)16)11-8-15-23(19,20)14-6-3-10-21-14/h1-6,10,15H,7-9,11H2. The van der Waals surface area contributed by atoms with Crippen LogP contribution in [0.15, 0.2) is 46.0 Å². The lowest BCUT2D eigenvalue weighted by Crippen LogP contribution is -2.36. The highest BCUT2D eigenvalue weighted by atomic mass is 32.2. The van der Waals surface area contributed by atoms with Crippen LogP contribution in [-0.4, -0.2) is 35.7 Å². The number of hydrogen-bond acceptors (Lipinski definition) is 5. The first-order valence-corrected chi connectivity index (χ1v) is 11.0. The second-order valence-electron chi connectivity index (χ2n) is 5.10. The van der Waals surface area contributed by atoms with E-state index in [9.17, 15) is 16.8 Å². The minimum atomic E-state index is -3.64. The Kier molecular flexibility index (Phi) is 4.45. The fraction of sp³-hybridized carbons (Fsp3) is 0.286. The van der Waals surface area contributed by atoms with Gasteiger partial charge in [0.25, 0.3) is 0 Å². The van der Waals surface area contributed by atoms with Crippen molar-refractivity contribution in [1.82, 2.24) is 4.72 Å². The SMILES string of the molecule is O=S(=O)(NCCS(=O)(=O)N1CCc2ccccc21)c1cccs1. The van der Waals surface area contributed by atoms with Crippen LogP contribution in [0, 0.1) is 0 Å². The first-order chi connectivity index (χ1) is 10.9. The Bertz CT molecular complexity index is 890. The van der Waals surface area contributed by atoms with E-state index in [-0.39, 0.29) is 16.5 Å². The van der Waals surface area contributed by atoms with E-state index >= 15 is 0 Å². The molecule has 0 fully saturated rings. The predicted molar refractivity (Wildman–Crippen MR) is 90.8 cm³/mol. The van der Waals surface area contributed by atoms with Crippen molar-refractivity contribution in [1.29, 1.82) is 0 Å². The van der Waals surface area contributed by atoms with Crippen LogP contribution in [-0.2, 0) is 26.5 Å². The molecular weight excluding hydrogens is 356 g/mol. The van der Waals surface area contributed by atoms with Gasteiger partial charge in [0.05, 0.1) is 11.4 Å². The summed E-state index contributed by atoms with van der Waals surface area (Å²) < 4.78 is 52.8. The van der Waals surface area contributed by atoms with Gasteiger partial charge < -0.3 is 0 Å². The van der Waals surface area contributed by atoms with Crippen LogP contribution in [0.1, 0.15) is 5.56 Å². The van der Waals surface area contributed by atoms with Gasteiger partial charge in [-0.1, -0.05) is 24.3 Å². The summed E-state index contributed by atoms with van der Waals surface area (Å²) in [4.78, 5) is 0. The summed E-state index contributed by atoms with van der Waals surface area (Å²) in [5, 5.41) is 1.66. The number of hydrogen-bond donors (Lipinski definition) is 1. The lowest BCUT2D eigenvalue weighted by Gasteiger charge is -2.19. The molecule has 0 spiro atoms. The van der Waals surface area contributed by atoms with E-state index in [1.165, 1.54) is 10.4 Å². The van der Waals surface area contributed by atoms with Crippen molar-refractivity contribution in [3.8, 4) is 0 Å². The van der Waals surface area contributed by atoms with E-state index in [4.69, 9.17) is 0 Å². The molecule has 6 nitrogen and oxygen atoms in total. The van der Waals surface area contributed by atoms with Gasteiger partial charge in [0.1, 0.15) is 4.21 Å². The summed E-state index contributed by atoms with van der Waals surface area (Å²) in [5.41, 5.74) is 1.68. The van der Waals surface area contributed by atoms with E-state index in [2.05, 4.69) is 4.72 Å². The zero-order chi connectivity index (χ0) is 16.5. The highest BCUT2D eigenvalue weighted by Gasteiger charge is 2.29. The lowest BCUT2D eigenvalue weighted by atomic mass is 10.2. The van der Waals surface area contributed by atoms with Crippen LogP contribution < -0.4 is 9.03 Å². The molecule has 0 atom stereocenters. The molecular formula is C14H16N2O4S3. The van der Waals surface area contributed by atoms with E-state index in [1.54, 1.807) is 23.6 Å². The number of fused-ring (bicyclic) bond motifs is 1. The van der Waals surface area contributed by atoms with Crippen LogP contribution in [0.25, 0.3) is 0 Å². The summed E-state index contributed by atoms with van der Waals surface area (Å²) in [6.45, 7) is 0.251. The van der Waals surface area contributed by atoms with Crippen LogP contribution >= 0.6 is 11.3 Å². The topological polar surface area (TPSA) is 83.5 Å². The van der Waals surface area contributed by atoms with Crippen molar-refractivity contribution in [3.05, 3.63) is 47.3 Å². The van der Waals surface area contributed by atoms with Crippen LogP contribution in [0.4, 0.5) is 5.69 Å². The molecule has 0 saturated carbocycles. The Hall–Kier alpha value is -1.42. The van der Waals surface area contributed by atoms with Crippen molar-refractivity contribution in [2.45, 2.75) is 10.6 Å². The van der Waals surface area contributed by atoms with Crippen molar-refractivity contribution in [3.63, 3.8) is 0 Å². The van der Waals surface area contributed by atoms with Gasteiger partial charge in [-0.15, -0.1) is 11.3 Å². The Labute approximate surface area is 139 Å². The van der Waals surface area contributed by atoms with E-state index in [0.29, 0.717) is 18.7 Å². The molecule has 23 heavy (non-hydrogen) atoms. The van der Waals surface area contributed by atoms with Crippen molar-refractivity contribution in [2.24, 2.45) is 0 Å². The largest absolute Gasteiger partial charge is 0.270 e. The minimum Gasteiger partial charge on any atom is -0.270 e. The summed E-state index contributed by atoms with van der Waals surface area (Å²) in [6.07, 6.45) is 0.677. The second-order valence-corrected chi connectivity index (χ2v) is 10.1. The summed E-state index contributed by atoms with van der Waals surface area (Å²) in [6, 6.07) is 10.5. The van der Waals surface area contributed by atoms with Crippen LogP contribution in [0.3, 0.4) is 0 Å². The fourth-order valence-electron chi connectivity index (χ4n) is 2.50. The van der Waals surface area contributed by atoms with Gasteiger partial charge in [0, 0.05) is 13.1 Å². The first kappa shape index (κ1) is 16.4. The number of anilines is 1. The van der Waals surface area contributed by atoms with E-state index in [1.807, 2.05) is 12.1 Å². The van der Waals surface area contributed by atoms with Crippen molar-refractivity contribution in [2.75, 3.05) is 23.1 Å². The van der Waals surface area contributed by atoms with Gasteiger partial charge in [-0.25, -0.2) is 21.6 Å². The average Bonchev–Trinajstić information content (AvgIpc) is 3.17. The van der Waals surface area contributed by atoms with Gasteiger partial charge in [-0.05, 0) is 29.5 Å². The molecule has 0 radical (unpaired) electrons. The Morgan fingerprint density at radius 3 is 2.61 bits per heavy atom. The molecule has 0 amide bonds. The molecule has 1 aromatic heterocycles. The number of nitrogens with one attached hydrogen (secondary N) is 1. The third-order valence-corrected chi connectivity index (χ3v) is 8.22. The Balaban J connectivity index is 1.67. The maximum absolute atomic E-state index is 12.5. The molecule has 1 N–H and O–H groups in total. The quantitative estimate of drug-likeness (QED) is 0.831. The molecule has 9 heteroatoms. The summed E-state index contributed by atoms with van der Waals surface area (Å²) in [5.74, 6) is -0.272. The molecule has 0 unspecified atom stereocenters. The molecule has 3 rings (SSSR count). The molecule has 1 aliphatic rings. The number of nitrogens with zero attached hydrogens (tertiary/aromatic N) is 1. The molecule has 124 valence electrons. The number of benzene rings is 1. The van der Waals surface area contributed by atoms with E-state index < -0.39 is 20.0 Å². The third-order valence-electron chi connectivity index (χ3n) is 3.59. The number of rotatable bonds is 6. The minimum absolute atomic E-state index is 0.152. The monoisotopic (exact) mass is 372 g/mol. The predicted octanol–water partition coefficient (Wildman–Crippen LogP) is 1.42. The highest BCUT2D eigenvalue weighted by molar-refractivity contribution is 7.93. The zero-order valence-electron chi connectivity index (χ0n) is 12.2. The second kappa shape index (κ2) is 6.23. The third kappa shape index (κ3) is 3.42. The fourth-order valence-corrected chi connectivity index (χ4v) is 6.13. The van der Waals surface area contributed by atoms with Gasteiger partial charge in [0.15, 0.2) is 0 Å². The molecule has 0 aliphatic carbocycles. The Morgan fingerprint density at radius 2 is 1.87 bits per heavy atom. The highest BCUT2D eigenvalue weighted by Crippen LogP contribution is 2.29. The van der Waals surface area contributed by atoms with Crippen LogP contribution in [0.2, 0.25) is 0 Å². The van der Waals surface area contributed by atoms with Crippen LogP contribution in [0.5, 0.6) is 0 Å². The zero-order valence-corrected chi connectivity index (χ0v) is 14.6. The van der Waals surface area contributed by atoms with E-state index in [0.717, 1.165) is 16.9 Å². The van der Waals surface area contributed by atoms with Gasteiger partial charge in [-0.3, -0.25) is 4.31 Å². The normalized spacial score (nSPS) is 14.9. The average molecular weight is 372 g/mol. The van der Waals surface area contributed by atoms with Gasteiger partial charge >= 0.3 is 0 Å². The number of thiophene rings is 1. The molecule has 2 heterocycles. The first-order valence-electron chi connectivity index (χ1n) is 7.02. The summed E-state index contributed by atoms with van der Waals surface area (Å²) in [7, 11) is -7.19. The molecule has 1 aliphatic heterocycles.